The highest BCUT2D eigenvalue weighted by Gasteiger charge is 2.29. The van der Waals surface area contributed by atoms with Crippen LogP contribution in [0, 0.1) is 13.8 Å². The second kappa shape index (κ2) is 5.84. The molecule has 0 amide bonds. The summed E-state index contributed by atoms with van der Waals surface area (Å²) < 4.78 is 0. The van der Waals surface area contributed by atoms with Gasteiger partial charge in [0, 0.05) is 51.4 Å². The van der Waals surface area contributed by atoms with E-state index in [1.807, 2.05) is 0 Å². The lowest BCUT2D eigenvalue weighted by Gasteiger charge is -2.45. The fourth-order valence-electron chi connectivity index (χ4n) is 3.51. The van der Waals surface area contributed by atoms with Crippen molar-refractivity contribution < 1.29 is 0 Å². The molecule has 2 aliphatic rings. The Hall–Kier alpha value is -0.900. The van der Waals surface area contributed by atoms with E-state index < -0.39 is 0 Å². The van der Waals surface area contributed by atoms with Crippen molar-refractivity contribution in [3.05, 3.63) is 34.9 Å². The minimum Gasteiger partial charge on any atom is -0.314 e. The molecule has 0 aromatic heterocycles. The first-order valence-electron chi connectivity index (χ1n) is 7.91. The average Bonchev–Trinajstić information content (AvgIpc) is 2.37. The molecule has 1 aromatic rings. The van der Waals surface area contributed by atoms with Crippen LogP contribution >= 0.6 is 0 Å². The summed E-state index contributed by atoms with van der Waals surface area (Å²) in [5.41, 5.74) is 4.29. The van der Waals surface area contributed by atoms with Gasteiger partial charge in [-0.05, 0) is 31.9 Å². The van der Waals surface area contributed by atoms with E-state index >= 15 is 0 Å². The van der Waals surface area contributed by atoms with Crippen LogP contribution in [0.1, 0.15) is 29.7 Å². The number of benzene rings is 1. The fourth-order valence-corrected chi connectivity index (χ4v) is 3.51. The zero-order valence-corrected chi connectivity index (χ0v) is 13.0. The molecular weight excluding hydrogens is 246 g/mol. The van der Waals surface area contributed by atoms with E-state index in [0.29, 0.717) is 6.04 Å². The lowest BCUT2D eigenvalue weighted by molar-refractivity contribution is 0.0551. The summed E-state index contributed by atoms with van der Waals surface area (Å²) in [6.07, 6.45) is 0. The molecule has 0 saturated carbocycles. The van der Waals surface area contributed by atoms with E-state index in [1.54, 1.807) is 0 Å². The first-order valence-corrected chi connectivity index (χ1v) is 7.91. The van der Waals surface area contributed by atoms with Crippen LogP contribution in [0.2, 0.25) is 0 Å². The number of aryl methyl sites for hydroxylation is 2. The molecule has 0 bridgehead atoms. The molecule has 3 heteroatoms. The second-order valence-corrected chi connectivity index (χ2v) is 6.42. The van der Waals surface area contributed by atoms with Crippen molar-refractivity contribution in [2.75, 3.05) is 39.3 Å². The maximum absolute atomic E-state index is 3.38. The van der Waals surface area contributed by atoms with Crippen LogP contribution in [-0.4, -0.2) is 55.1 Å². The van der Waals surface area contributed by atoms with Gasteiger partial charge in [0.15, 0.2) is 0 Å². The summed E-state index contributed by atoms with van der Waals surface area (Å²) >= 11 is 0. The molecule has 1 unspecified atom stereocenters. The Kier molecular flexibility index (Phi) is 4.11. The number of rotatable bonds is 3. The second-order valence-electron chi connectivity index (χ2n) is 6.42. The Morgan fingerprint density at radius 3 is 2.35 bits per heavy atom. The molecule has 0 aliphatic carbocycles. The van der Waals surface area contributed by atoms with E-state index in [9.17, 15) is 0 Å². The van der Waals surface area contributed by atoms with Crippen molar-refractivity contribution in [3.63, 3.8) is 0 Å². The van der Waals surface area contributed by atoms with Crippen LogP contribution in [0.15, 0.2) is 18.2 Å². The molecule has 1 aromatic carbocycles. The molecule has 3 rings (SSSR count). The molecule has 110 valence electrons. The summed E-state index contributed by atoms with van der Waals surface area (Å²) in [5.74, 6) is 0. The summed E-state index contributed by atoms with van der Waals surface area (Å²) in [6.45, 7) is 14.0. The van der Waals surface area contributed by atoms with Gasteiger partial charge in [-0.15, -0.1) is 0 Å². The standard InChI is InChI=1S/C17H27N3/c1-13-4-5-17(14(2)10-13)15(3)19-6-8-20(9-7-19)16-11-18-12-16/h4-5,10,15-16,18H,6-9,11-12H2,1-3H3. The number of nitrogens with one attached hydrogen (secondary N) is 1. The molecule has 2 aliphatic heterocycles. The molecule has 1 atom stereocenters. The summed E-state index contributed by atoms with van der Waals surface area (Å²) in [6, 6.07) is 8.21. The minimum absolute atomic E-state index is 0.539. The van der Waals surface area contributed by atoms with Gasteiger partial charge in [0.05, 0.1) is 0 Å². The van der Waals surface area contributed by atoms with Gasteiger partial charge in [-0.2, -0.15) is 0 Å². The van der Waals surface area contributed by atoms with Gasteiger partial charge in [0.1, 0.15) is 0 Å². The van der Waals surface area contributed by atoms with Crippen molar-refractivity contribution in [1.82, 2.24) is 15.1 Å². The van der Waals surface area contributed by atoms with E-state index in [1.165, 1.54) is 56.0 Å². The fraction of sp³-hybridized carbons (Fsp3) is 0.647. The topological polar surface area (TPSA) is 18.5 Å². The number of hydrogen-bond donors (Lipinski definition) is 1. The summed E-state index contributed by atoms with van der Waals surface area (Å²) in [7, 11) is 0. The largest absolute Gasteiger partial charge is 0.314 e. The molecule has 3 nitrogen and oxygen atoms in total. The minimum atomic E-state index is 0.539. The van der Waals surface area contributed by atoms with Gasteiger partial charge < -0.3 is 5.32 Å². The molecule has 20 heavy (non-hydrogen) atoms. The third-order valence-corrected chi connectivity index (χ3v) is 5.05. The van der Waals surface area contributed by atoms with Crippen molar-refractivity contribution >= 4 is 0 Å². The number of hydrogen-bond acceptors (Lipinski definition) is 3. The predicted octanol–water partition coefficient (Wildman–Crippen LogP) is 1.95. The third-order valence-electron chi connectivity index (χ3n) is 5.05. The van der Waals surface area contributed by atoms with Gasteiger partial charge in [-0.25, -0.2) is 0 Å². The highest BCUT2D eigenvalue weighted by atomic mass is 15.3. The molecule has 0 radical (unpaired) electrons. The Balaban J connectivity index is 1.62. The lowest BCUT2D eigenvalue weighted by atomic mass is 9.98. The Morgan fingerprint density at radius 1 is 1.10 bits per heavy atom. The maximum Gasteiger partial charge on any atom is 0.0346 e. The maximum atomic E-state index is 3.38. The predicted molar refractivity (Wildman–Crippen MR) is 84.1 cm³/mol. The van der Waals surface area contributed by atoms with Crippen molar-refractivity contribution in [2.24, 2.45) is 0 Å². The van der Waals surface area contributed by atoms with Gasteiger partial charge in [-0.3, -0.25) is 9.80 Å². The summed E-state index contributed by atoms with van der Waals surface area (Å²) in [5, 5.41) is 3.38. The highest BCUT2D eigenvalue weighted by Crippen LogP contribution is 2.25. The molecule has 1 N–H and O–H groups in total. The highest BCUT2D eigenvalue weighted by molar-refractivity contribution is 5.32. The van der Waals surface area contributed by atoms with E-state index in [-0.39, 0.29) is 0 Å². The van der Waals surface area contributed by atoms with Gasteiger partial charge in [-0.1, -0.05) is 23.8 Å². The Morgan fingerprint density at radius 2 is 1.80 bits per heavy atom. The van der Waals surface area contributed by atoms with Crippen LogP contribution in [-0.2, 0) is 0 Å². The third kappa shape index (κ3) is 2.76. The van der Waals surface area contributed by atoms with Gasteiger partial charge in [0.2, 0.25) is 0 Å². The van der Waals surface area contributed by atoms with Crippen LogP contribution < -0.4 is 5.32 Å². The van der Waals surface area contributed by atoms with Gasteiger partial charge in [0.25, 0.3) is 0 Å². The van der Waals surface area contributed by atoms with E-state index in [0.717, 1.165) is 6.04 Å². The smallest absolute Gasteiger partial charge is 0.0346 e. The Bertz CT molecular complexity index is 459. The molecule has 2 fully saturated rings. The molecule has 2 saturated heterocycles. The molecular formula is C17H27N3. The lowest BCUT2D eigenvalue weighted by Crippen LogP contribution is -2.61. The summed E-state index contributed by atoms with van der Waals surface area (Å²) in [4.78, 5) is 5.29. The Labute approximate surface area is 123 Å². The van der Waals surface area contributed by atoms with Crippen LogP contribution in [0.3, 0.4) is 0 Å². The first kappa shape index (κ1) is 14.1. The first-order chi connectivity index (χ1) is 9.65. The zero-order chi connectivity index (χ0) is 14.1. The number of nitrogens with zero attached hydrogens (tertiary/aromatic N) is 2. The monoisotopic (exact) mass is 273 g/mol. The van der Waals surface area contributed by atoms with E-state index in [2.05, 4.69) is 54.1 Å². The van der Waals surface area contributed by atoms with Crippen molar-refractivity contribution in [3.8, 4) is 0 Å². The van der Waals surface area contributed by atoms with Crippen LogP contribution in [0.25, 0.3) is 0 Å². The van der Waals surface area contributed by atoms with Crippen molar-refractivity contribution in [1.29, 1.82) is 0 Å². The normalized spacial score (nSPS) is 23.6. The van der Waals surface area contributed by atoms with E-state index in [4.69, 9.17) is 0 Å². The van der Waals surface area contributed by atoms with Gasteiger partial charge >= 0.3 is 0 Å². The molecule has 2 heterocycles. The molecule has 0 spiro atoms. The quantitative estimate of drug-likeness (QED) is 0.908. The average molecular weight is 273 g/mol. The number of piperazine rings is 1. The van der Waals surface area contributed by atoms with Crippen LogP contribution in [0.5, 0.6) is 0 Å². The SMILES string of the molecule is Cc1ccc(C(C)N2CCN(C3CNC3)CC2)c(C)c1. The zero-order valence-electron chi connectivity index (χ0n) is 13.0. The van der Waals surface area contributed by atoms with Crippen LogP contribution in [0.4, 0.5) is 0 Å². The van der Waals surface area contributed by atoms with Crippen molar-refractivity contribution in [2.45, 2.75) is 32.9 Å².